The number of hydrogen-bond donors (Lipinski definition) is 1. The molecule has 1 saturated carbocycles. The molecular weight excluding hydrogens is 180 g/mol. The lowest BCUT2D eigenvalue weighted by Crippen LogP contribution is -2.31. The van der Waals surface area contributed by atoms with E-state index in [1.807, 2.05) is 0 Å². The number of carbonyl (C=O) groups is 1. The van der Waals surface area contributed by atoms with Gasteiger partial charge in [-0.3, -0.25) is 9.63 Å². The lowest BCUT2D eigenvalue weighted by atomic mass is 9.84. The van der Waals surface area contributed by atoms with E-state index < -0.39 is 0 Å². The second kappa shape index (κ2) is 5.32. The fraction of sp³-hybridized carbons (Fsp3) is 0.900. The quantitative estimate of drug-likeness (QED) is 0.689. The molecular formula is C10H20N2O2. The van der Waals surface area contributed by atoms with Crippen molar-refractivity contribution >= 4 is 5.91 Å². The third-order valence-electron chi connectivity index (χ3n) is 2.98. The predicted octanol–water partition coefficient (Wildman–Crippen LogP) is 0.914. The highest BCUT2D eigenvalue weighted by atomic mass is 16.7. The van der Waals surface area contributed by atoms with Crippen molar-refractivity contribution in [2.45, 2.75) is 38.1 Å². The minimum atomic E-state index is 0.0629. The summed E-state index contributed by atoms with van der Waals surface area (Å²) in [5.41, 5.74) is 5.79. The van der Waals surface area contributed by atoms with E-state index in [1.165, 1.54) is 12.2 Å². The molecule has 0 saturated heterocycles. The zero-order valence-electron chi connectivity index (χ0n) is 9.03. The van der Waals surface area contributed by atoms with Crippen LogP contribution in [0.4, 0.5) is 0 Å². The molecule has 1 aliphatic rings. The van der Waals surface area contributed by atoms with E-state index in [1.54, 1.807) is 7.05 Å². The molecule has 0 atom stereocenters. The summed E-state index contributed by atoms with van der Waals surface area (Å²) in [6.07, 6.45) is 4.84. The second-order valence-corrected chi connectivity index (χ2v) is 4.06. The largest absolute Gasteiger partial charge is 0.328 e. The van der Waals surface area contributed by atoms with Crippen LogP contribution >= 0.6 is 0 Å². The molecule has 1 aliphatic carbocycles. The van der Waals surface area contributed by atoms with Crippen LogP contribution in [0.15, 0.2) is 0 Å². The number of rotatable bonds is 3. The van der Waals surface area contributed by atoms with Gasteiger partial charge in [0, 0.05) is 19.5 Å². The van der Waals surface area contributed by atoms with Crippen LogP contribution in [0.3, 0.4) is 0 Å². The van der Waals surface area contributed by atoms with Crippen molar-refractivity contribution < 1.29 is 9.63 Å². The van der Waals surface area contributed by atoms with Gasteiger partial charge in [-0.1, -0.05) is 0 Å². The van der Waals surface area contributed by atoms with Gasteiger partial charge in [-0.15, -0.1) is 0 Å². The molecule has 0 spiro atoms. The van der Waals surface area contributed by atoms with Crippen molar-refractivity contribution in [3.05, 3.63) is 0 Å². The van der Waals surface area contributed by atoms with Crippen LogP contribution in [-0.2, 0) is 9.63 Å². The SMILES string of the molecule is CON(C)C(=O)CC1CCC(N)CC1. The molecule has 1 rings (SSSR count). The fourth-order valence-electron chi connectivity index (χ4n) is 1.87. The van der Waals surface area contributed by atoms with E-state index in [9.17, 15) is 4.79 Å². The lowest BCUT2D eigenvalue weighted by molar-refractivity contribution is -0.169. The summed E-state index contributed by atoms with van der Waals surface area (Å²) in [4.78, 5) is 16.3. The van der Waals surface area contributed by atoms with Crippen molar-refractivity contribution in [3.8, 4) is 0 Å². The highest BCUT2D eigenvalue weighted by molar-refractivity contribution is 5.75. The first-order valence-electron chi connectivity index (χ1n) is 5.19. The van der Waals surface area contributed by atoms with Crippen LogP contribution in [0.1, 0.15) is 32.1 Å². The Morgan fingerprint density at radius 1 is 1.43 bits per heavy atom. The van der Waals surface area contributed by atoms with Crippen molar-refractivity contribution in [1.29, 1.82) is 0 Å². The first-order chi connectivity index (χ1) is 6.63. The Morgan fingerprint density at radius 2 is 2.00 bits per heavy atom. The zero-order chi connectivity index (χ0) is 10.6. The Hall–Kier alpha value is -0.610. The first kappa shape index (κ1) is 11.5. The van der Waals surface area contributed by atoms with Gasteiger partial charge in [-0.25, -0.2) is 5.06 Å². The van der Waals surface area contributed by atoms with Crippen LogP contribution in [0.5, 0.6) is 0 Å². The smallest absolute Gasteiger partial charge is 0.246 e. The number of amides is 1. The monoisotopic (exact) mass is 200 g/mol. The topological polar surface area (TPSA) is 55.6 Å². The van der Waals surface area contributed by atoms with Gasteiger partial charge in [0.1, 0.15) is 0 Å². The van der Waals surface area contributed by atoms with Crippen molar-refractivity contribution in [3.63, 3.8) is 0 Å². The standard InChI is InChI=1S/C10H20N2O2/c1-12(14-2)10(13)7-8-3-5-9(11)6-4-8/h8-9H,3-7,11H2,1-2H3. The maximum Gasteiger partial charge on any atom is 0.246 e. The Labute approximate surface area is 85.3 Å². The third-order valence-corrected chi connectivity index (χ3v) is 2.98. The number of hydrogen-bond acceptors (Lipinski definition) is 3. The van der Waals surface area contributed by atoms with E-state index in [2.05, 4.69) is 0 Å². The second-order valence-electron chi connectivity index (χ2n) is 4.06. The molecule has 1 amide bonds. The molecule has 0 aromatic heterocycles. The average Bonchev–Trinajstić information content (AvgIpc) is 2.20. The maximum absolute atomic E-state index is 11.5. The highest BCUT2D eigenvalue weighted by Crippen LogP contribution is 2.26. The summed E-state index contributed by atoms with van der Waals surface area (Å²) < 4.78 is 0. The van der Waals surface area contributed by atoms with Gasteiger partial charge >= 0.3 is 0 Å². The van der Waals surface area contributed by atoms with Gasteiger partial charge in [0.05, 0.1) is 7.11 Å². The van der Waals surface area contributed by atoms with E-state index in [4.69, 9.17) is 10.6 Å². The average molecular weight is 200 g/mol. The van der Waals surface area contributed by atoms with Crippen LogP contribution in [0, 0.1) is 5.92 Å². The highest BCUT2D eigenvalue weighted by Gasteiger charge is 2.22. The first-order valence-corrected chi connectivity index (χ1v) is 5.19. The molecule has 0 aliphatic heterocycles. The van der Waals surface area contributed by atoms with Gasteiger partial charge in [0.15, 0.2) is 0 Å². The van der Waals surface area contributed by atoms with Gasteiger partial charge < -0.3 is 5.73 Å². The van der Waals surface area contributed by atoms with Crippen LogP contribution in [0.25, 0.3) is 0 Å². The number of carbonyl (C=O) groups excluding carboxylic acids is 1. The summed E-state index contributed by atoms with van der Waals surface area (Å²) >= 11 is 0. The van der Waals surface area contributed by atoms with Crippen LogP contribution < -0.4 is 5.73 Å². The predicted molar refractivity (Wildman–Crippen MR) is 54.3 cm³/mol. The Bertz CT molecular complexity index is 189. The van der Waals surface area contributed by atoms with Gasteiger partial charge in [0.2, 0.25) is 5.91 Å². The summed E-state index contributed by atoms with van der Waals surface area (Å²) in [5.74, 6) is 0.563. The molecule has 0 aromatic carbocycles. The molecule has 0 unspecified atom stereocenters. The minimum Gasteiger partial charge on any atom is -0.328 e. The van der Waals surface area contributed by atoms with Crippen molar-refractivity contribution in [2.24, 2.45) is 11.7 Å². The summed E-state index contributed by atoms with van der Waals surface area (Å²) in [5, 5.41) is 1.30. The third kappa shape index (κ3) is 3.27. The molecule has 2 N–H and O–H groups in total. The number of nitrogens with zero attached hydrogens (tertiary/aromatic N) is 1. The van der Waals surface area contributed by atoms with Gasteiger partial charge in [0.25, 0.3) is 0 Å². The van der Waals surface area contributed by atoms with Gasteiger partial charge in [-0.2, -0.15) is 0 Å². The molecule has 0 heterocycles. The van der Waals surface area contributed by atoms with Crippen LogP contribution in [0.2, 0.25) is 0 Å². The van der Waals surface area contributed by atoms with E-state index in [0.717, 1.165) is 25.7 Å². The zero-order valence-corrected chi connectivity index (χ0v) is 9.03. The Balaban J connectivity index is 2.27. The number of hydroxylamine groups is 2. The summed E-state index contributed by atoms with van der Waals surface area (Å²) in [6.45, 7) is 0. The minimum absolute atomic E-state index is 0.0629. The molecule has 0 radical (unpaired) electrons. The molecule has 0 bridgehead atoms. The lowest BCUT2D eigenvalue weighted by Gasteiger charge is -2.26. The van der Waals surface area contributed by atoms with Crippen LogP contribution in [-0.4, -0.2) is 31.2 Å². The fourth-order valence-corrected chi connectivity index (χ4v) is 1.87. The Kier molecular flexibility index (Phi) is 4.35. The molecule has 4 heteroatoms. The number of nitrogens with two attached hydrogens (primary N) is 1. The summed E-state index contributed by atoms with van der Waals surface area (Å²) in [6, 6.07) is 0.349. The molecule has 82 valence electrons. The van der Waals surface area contributed by atoms with Crippen molar-refractivity contribution in [1.82, 2.24) is 5.06 Å². The Morgan fingerprint density at radius 3 is 2.50 bits per heavy atom. The molecule has 0 aromatic rings. The van der Waals surface area contributed by atoms with E-state index >= 15 is 0 Å². The maximum atomic E-state index is 11.5. The van der Waals surface area contributed by atoms with E-state index in [0.29, 0.717) is 18.4 Å². The van der Waals surface area contributed by atoms with E-state index in [-0.39, 0.29) is 5.91 Å². The summed E-state index contributed by atoms with van der Waals surface area (Å²) in [7, 11) is 3.16. The molecule has 4 nitrogen and oxygen atoms in total. The normalized spacial score (nSPS) is 27.4. The van der Waals surface area contributed by atoms with Crippen molar-refractivity contribution in [2.75, 3.05) is 14.2 Å². The van der Waals surface area contributed by atoms with Gasteiger partial charge in [-0.05, 0) is 31.6 Å². The molecule has 14 heavy (non-hydrogen) atoms. The molecule has 1 fully saturated rings.